The van der Waals surface area contributed by atoms with Crippen LogP contribution in [0.25, 0.3) is 0 Å². The van der Waals surface area contributed by atoms with E-state index in [1.54, 1.807) is 18.2 Å². The molecule has 1 fully saturated rings. The third-order valence-corrected chi connectivity index (χ3v) is 3.93. The van der Waals surface area contributed by atoms with Crippen LogP contribution in [0.1, 0.15) is 26.7 Å². The summed E-state index contributed by atoms with van der Waals surface area (Å²) in [6.45, 7) is 4.59. The molecule has 6 heteroatoms. The number of anilines is 1. The molecule has 1 saturated carbocycles. The number of amides is 2. The largest absolute Gasteiger partial charge is 0.495 e. The predicted octanol–water partition coefficient (Wildman–Crippen LogP) is 2.84. The molecule has 0 unspecified atom stereocenters. The average molecular weight is 325 g/mol. The van der Waals surface area contributed by atoms with Crippen LogP contribution in [-0.2, 0) is 9.59 Å². The zero-order valence-electron chi connectivity index (χ0n) is 13.0. The molecule has 0 aliphatic heterocycles. The summed E-state index contributed by atoms with van der Waals surface area (Å²) in [5, 5.41) is 6.09. The lowest BCUT2D eigenvalue weighted by Crippen LogP contribution is -2.41. The summed E-state index contributed by atoms with van der Waals surface area (Å²) in [4.78, 5) is 24.7. The second-order valence-electron chi connectivity index (χ2n) is 5.98. The Hall–Kier alpha value is -1.75. The van der Waals surface area contributed by atoms with Gasteiger partial charge in [-0.15, -0.1) is 0 Å². The molecule has 0 spiro atoms. The maximum absolute atomic E-state index is 12.5. The second kappa shape index (κ2) is 6.57. The molecular weight excluding hydrogens is 304 g/mol. The van der Waals surface area contributed by atoms with E-state index >= 15 is 0 Å². The maximum atomic E-state index is 12.5. The van der Waals surface area contributed by atoms with Crippen LogP contribution in [0.3, 0.4) is 0 Å². The lowest BCUT2D eigenvalue weighted by Gasteiger charge is -2.17. The van der Waals surface area contributed by atoms with E-state index in [0.29, 0.717) is 41.8 Å². The van der Waals surface area contributed by atoms with Crippen molar-refractivity contribution in [1.29, 1.82) is 0 Å². The van der Waals surface area contributed by atoms with E-state index in [-0.39, 0.29) is 11.8 Å². The summed E-state index contributed by atoms with van der Waals surface area (Å²) >= 11 is 5.95. The zero-order valence-corrected chi connectivity index (χ0v) is 13.8. The smallest absolute Gasteiger partial charge is 0.240 e. The highest BCUT2D eigenvalue weighted by molar-refractivity contribution is 6.31. The first-order valence-electron chi connectivity index (χ1n) is 7.32. The van der Waals surface area contributed by atoms with E-state index in [4.69, 9.17) is 16.3 Å². The van der Waals surface area contributed by atoms with Crippen LogP contribution >= 0.6 is 11.6 Å². The number of benzene rings is 1. The van der Waals surface area contributed by atoms with Gasteiger partial charge in [0.15, 0.2) is 0 Å². The Morgan fingerprint density at radius 1 is 1.32 bits per heavy atom. The van der Waals surface area contributed by atoms with Crippen LogP contribution in [0.15, 0.2) is 18.2 Å². The van der Waals surface area contributed by atoms with E-state index in [2.05, 4.69) is 10.6 Å². The lowest BCUT2D eigenvalue weighted by atomic mass is 10.0. The number of hydrogen-bond acceptors (Lipinski definition) is 3. The van der Waals surface area contributed by atoms with Crippen LogP contribution in [0.5, 0.6) is 5.75 Å². The fourth-order valence-corrected chi connectivity index (χ4v) is 2.34. The molecule has 0 aromatic heterocycles. The van der Waals surface area contributed by atoms with Crippen molar-refractivity contribution in [2.24, 2.45) is 11.3 Å². The molecule has 0 radical (unpaired) electrons. The van der Waals surface area contributed by atoms with Gasteiger partial charge < -0.3 is 15.4 Å². The van der Waals surface area contributed by atoms with Crippen molar-refractivity contribution in [3.8, 4) is 5.75 Å². The first-order valence-corrected chi connectivity index (χ1v) is 7.70. The van der Waals surface area contributed by atoms with E-state index in [0.717, 1.165) is 0 Å². The molecule has 0 atom stereocenters. The Labute approximate surface area is 135 Å². The Kier molecular flexibility index (Phi) is 4.96. The second-order valence-corrected chi connectivity index (χ2v) is 6.42. The highest BCUT2D eigenvalue weighted by Crippen LogP contribution is 2.47. The van der Waals surface area contributed by atoms with Gasteiger partial charge in [-0.05, 0) is 37.0 Å². The van der Waals surface area contributed by atoms with Crippen LogP contribution in [0.4, 0.5) is 5.69 Å². The van der Waals surface area contributed by atoms with Crippen molar-refractivity contribution < 1.29 is 14.3 Å². The van der Waals surface area contributed by atoms with E-state index < -0.39 is 5.41 Å². The van der Waals surface area contributed by atoms with Gasteiger partial charge in [0.25, 0.3) is 0 Å². The standard InChI is InChI=1S/C16H21ClN2O3/c1-10(2)9-18-14(20)16(6-7-16)15(21)19-12-8-11(17)4-5-13(12)22-3/h4-5,8,10H,6-7,9H2,1-3H3,(H,18,20)(H,19,21). The van der Waals surface area contributed by atoms with Crippen molar-refractivity contribution in [3.63, 3.8) is 0 Å². The third kappa shape index (κ3) is 3.53. The average Bonchev–Trinajstić information content (AvgIpc) is 3.26. The fraction of sp³-hybridized carbons (Fsp3) is 0.500. The number of rotatable bonds is 6. The van der Waals surface area contributed by atoms with Gasteiger partial charge in [0, 0.05) is 11.6 Å². The number of halogens is 1. The highest BCUT2D eigenvalue weighted by atomic mass is 35.5. The molecule has 0 bridgehead atoms. The summed E-state index contributed by atoms with van der Waals surface area (Å²) < 4.78 is 5.20. The molecule has 120 valence electrons. The Morgan fingerprint density at radius 3 is 2.55 bits per heavy atom. The van der Waals surface area contributed by atoms with Crippen molar-refractivity contribution in [1.82, 2.24) is 5.32 Å². The van der Waals surface area contributed by atoms with Gasteiger partial charge in [0.2, 0.25) is 11.8 Å². The molecular formula is C16H21ClN2O3. The fourth-order valence-electron chi connectivity index (χ4n) is 2.17. The first-order chi connectivity index (χ1) is 10.4. The van der Waals surface area contributed by atoms with Gasteiger partial charge in [0.1, 0.15) is 11.2 Å². The summed E-state index contributed by atoms with van der Waals surface area (Å²) in [5.74, 6) is 0.334. The predicted molar refractivity (Wildman–Crippen MR) is 86.1 cm³/mol. The number of ether oxygens (including phenoxy) is 1. The third-order valence-electron chi connectivity index (χ3n) is 3.70. The van der Waals surface area contributed by atoms with Crippen LogP contribution in [0.2, 0.25) is 5.02 Å². The van der Waals surface area contributed by atoms with Gasteiger partial charge in [-0.3, -0.25) is 9.59 Å². The van der Waals surface area contributed by atoms with E-state index in [1.807, 2.05) is 13.8 Å². The summed E-state index contributed by atoms with van der Waals surface area (Å²) in [7, 11) is 1.52. The lowest BCUT2D eigenvalue weighted by molar-refractivity contribution is -0.134. The Bertz CT molecular complexity index is 583. The SMILES string of the molecule is COc1ccc(Cl)cc1NC(=O)C1(C(=O)NCC(C)C)CC1. The number of hydrogen-bond donors (Lipinski definition) is 2. The molecule has 0 saturated heterocycles. The quantitative estimate of drug-likeness (QED) is 0.791. The van der Waals surface area contributed by atoms with Crippen molar-refractivity contribution in [2.75, 3.05) is 19.0 Å². The first kappa shape index (κ1) is 16.6. The molecule has 1 aromatic rings. The minimum absolute atomic E-state index is 0.209. The van der Waals surface area contributed by atoms with Gasteiger partial charge in [-0.25, -0.2) is 0 Å². The Morgan fingerprint density at radius 2 is 2.00 bits per heavy atom. The molecule has 22 heavy (non-hydrogen) atoms. The summed E-state index contributed by atoms with van der Waals surface area (Å²) in [6, 6.07) is 4.97. The summed E-state index contributed by atoms with van der Waals surface area (Å²) in [6.07, 6.45) is 1.12. The highest BCUT2D eigenvalue weighted by Gasteiger charge is 2.56. The molecule has 1 aliphatic carbocycles. The van der Waals surface area contributed by atoms with Gasteiger partial charge in [-0.1, -0.05) is 25.4 Å². The Balaban J connectivity index is 2.09. The molecule has 1 aromatic carbocycles. The van der Waals surface area contributed by atoms with Crippen molar-refractivity contribution in [2.45, 2.75) is 26.7 Å². The topological polar surface area (TPSA) is 67.4 Å². The molecule has 1 aliphatic rings. The van der Waals surface area contributed by atoms with Crippen molar-refractivity contribution in [3.05, 3.63) is 23.2 Å². The maximum Gasteiger partial charge on any atom is 0.240 e. The number of nitrogens with one attached hydrogen (secondary N) is 2. The molecule has 2 rings (SSSR count). The molecule has 2 N–H and O–H groups in total. The minimum atomic E-state index is -0.956. The number of carbonyl (C=O) groups excluding carboxylic acids is 2. The van der Waals surface area contributed by atoms with Gasteiger partial charge in [-0.2, -0.15) is 0 Å². The van der Waals surface area contributed by atoms with Crippen LogP contribution < -0.4 is 15.4 Å². The van der Waals surface area contributed by atoms with Gasteiger partial charge in [0.05, 0.1) is 12.8 Å². The van der Waals surface area contributed by atoms with Gasteiger partial charge >= 0.3 is 0 Å². The normalized spacial score (nSPS) is 15.3. The zero-order chi connectivity index (χ0) is 16.3. The molecule has 5 nitrogen and oxygen atoms in total. The molecule has 0 heterocycles. The molecule has 2 amide bonds. The monoisotopic (exact) mass is 324 g/mol. The van der Waals surface area contributed by atoms with Crippen molar-refractivity contribution >= 4 is 29.1 Å². The van der Waals surface area contributed by atoms with E-state index in [9.17, 15) is 9.59 Å². The number of carbonyl (C=O) groups is 2. The summed E-state index contributed by atoms with van der Waals surface area (Å²) in [5.41, 5.74) is -0.481. The minimum Gasteiger partial charge on any atom is -0.495 e. The van der Waals surface area contributed by atoms with Crippen LogP contribution in [0, 0.1) is 11.3 Å². The van der Waals surface area contributed by atoms with E-state index in [1.165, 1.54) is 7.11 Å². The number of methoxy groups -OCH3 is 1. The van der Waals surface area contributed by atoms with Crippen LogP contribution in [-0.4, -0.2) is 25.5 Å².